The number of aromatic nitrogens is 1. The van der Waals surface area contributed by atoms with E-state index in [2.05, 4.69) is 15.6 Å². The highest BCUT2D eigenvalue weighted by Crippen LogP contribution is 2.45. The van der Waals surface area contributed by atoms with Gasteiger partial charge in [-0.15, -0.1) is 0 Å². The first-order valence-electron chi connectivity index (χ1n) is 10.3. The molecule has 2 N–H and O–H groups in total. The molecule has 0 aliphatic carbocycles. The Bertz CT molecular complexity index is 1200. The number of pyridine rings is 1. The number of fused-ring (bicyclic) bond motifs is 3. The van der Waals surface area contributed by atoms with Crippen molar-refractivity contribution in [2.75, 3.05) is 41.8 Å². The molecular formula is C23H21ClF3N5O. The van der Waals surface area contributed by atoms with Crippen molar-refractivity contribution in [3.63, 3.8) is 0 Å². The second-order valence-corrected chi connectivity index (χ2v) is 7.80. The van der Waals surface area contributed by atoms with Gasteiger partial charge in [0.15, 0.2) is 11.6 Å². The third-order valence-electron chi connectivity index (χ3n) is 5.26. The van der Waals surface area contributed by atoms with Crippen LogP contribution < -0.4 is 20.4 Å². The van der Waals surface area contributed by atoms with Crippen LogP contribution >= 0.6 is 11.6 Å². The summed E-state index contributed by atoms with van der Waals surface area (Å²) in [6.45, 7) is 2.88. The SMILES string of the molecule is CCN1C(=O)N(c2c(F)cc(NCCNC)cc2F)c2cc(F)ccc2-c2cc(Cl)cnc21. The molecule has 0 saturated carbocycles. The fourth-order valence-electron chi connectivity index (χ4n) is 3.79. The molecule has 3 aromatic rings. The molecule has 0 atom stereocenters. The molecule has 0 radical (unpaired) electrons. The number of carbonyl (C=O) groups is 1. The first-order valence-corrected chi connectivity index (χ1v) is 10.7. The molecule has 10 heteroatoms. The number of rotatable bonds is 6. The molecule has 172 valence electrons. The fraction of sp³-hybridized carbons (Fsp3) is 0.217. The summed E-state index contributed by atoms with van der Waals surface area (Å²) in [5, 5.41) is 6.13. The summed E-state index contributed by atoms with van der Waals surface area (Å²) < 4.78 is 44.9. The van der Waals surface area contributed by atoms with Gasteiger partial charge in [-0.2, -0.15) is 0 Å². The average molecular weight is 476 g/mol. The van der Waals surface area contributed by atoms with Crippen molar-refractivity contribution < 1.29 is 18.0 Å². The topological polar surface area (TPSA) is 60.5 Å². The molecule has 1 aliphatic heterocycles. The quantitative estimate of drug-likeness (QED) is 0.459. The number of benzene rings is 2. The Kier molecular flexibility index (Phi) is 6.44. The molecule has 2 aromatic carbocycles. The lowest BCUT2D eigenvalue weighted by Crippen LogP contribution is -2.41. The van der Waals surface area contributed by atoms with Crippen molar-refractivity contribution in [2.45, 2.75) is 6.92 Å². The van der Waals surface area contributed by atoms with Crippen LogP contribution in [0.25, 0.3) is 11.1 Å². The molecule has 33 heavy (non-hydrogen) atoms. The maximum absolute atomic E-state index is 15.3. The van der Waals surface area contributed by atoms with Gasteiger partial charge in [-0.05, 0) is 50.4 Å². The van der Waals surface area contributed by atoms with Gasteiger partial charge in [0.05, 0.1) is 10.7 Å². The van der Waals surface area contributed by atoms with E-state index in [-0.39, 0.29) is 23.7 Å². The Morgan fingerprint density at radius 1 is 1.03 bits per heavy atom. The maximum Gasteiger partial charge on any atom is 0.334 e. The van der Waals surface area contributed by atoms with Crippen molar-refractivity contribution >= 4 is 40.5 Å². The number of anilines is 4. The van der Waals surface area contributed by atoms with E-state index in [1.165, 1.54) is 23.2 Å². The zero-order chi connectivity index (χ0) is 23.7. The van der Waals surface area contributed by atoms with Gasteiger partial charge in [-0.25, -0.2) is 22.9 Å². The Morgan fingerprint density at radius 2 is 1.76 bits per heavy atom. The van der Waals surface area contributed by atoms with E-state index in [0.717, 1.165) is 23.1 Å². The lowest BCUT2D eigenvalue weighted by molar-refractivity contribution is 0.253. The normalized spacial score (nSPS) is 13.0. The Hall–Kier alpha value is -3.30. The van der Waals surface area contributed by atoms with E-state index >= 15 is 8.78 Å². The average Bonchev–Trinajstić information content (AvgIpc) is 2.86. The molecule has 0 saturated heterocycles. The number of hydrogen-bond acceptors (Lipinski definition) is 4. The van der Waals surface area contributed by atoms with Crippen molar-refractivity contribution in [1.29, 1.82) is 0 Å². The number of halogens is 4. The summed E-state index contributed by atoms with van der Waals surface area (Å²) in [6, 6.07) is 6.72. The highest BCUT2D eigenvalue weighted by atomic mass is 35.5. The van der Waals surface area contributed by atoms with Crippen LogP contribution in [0.3, 0.4) is 0 Å². The predicted octanol–water partition coefficient (Wildman–Crippen LogP) is 5.55. The van der Waals surface area contributed by atoms with Gasteiger partial charge >= 0.3 is 6.03 Å². The van der Waals surface area contributed by atoms with Crippen molar-refractivity contribution in [2.24, 2.45) is 0 Å². The van der Waals surface area contributed by atoms with Gasteiger partial charge in [-0.3, -0.25) is 9.80 Å². The first-order chi connectivity index (χ1) is 15.8. The molecule has 0 fully saturated rings. The molecular weight excluding hydrogens is 455 g/mol. The second kappa shape index (κ2) is 9.29. The lowest BCUT2D eigenvalue weighted by Gasteiger charge is -2.28. The van der Waals surface area contributed by atoms with Gasteiger partial charge in [0.1, 0.15) is 17.3 Å². The van der Waals surface area contributed by atoms with Crippen LogP contribution in [-0.4, -0.2) is 37.7 Å². The molecule has 4 rings (SSSR count). The largest absolute Gasteiger partial charge is 0.384 e. The van der Waals surface area contributed by atoms with Crippen LogP contribution in [0.5, 0.6) is 0 Å². The van der Waals surface area contributed by atoms with Crippen LogP contribution in [0.15, 0.2) is 42.6 Å². The zero-order valence-corrected chi connectivity index (χ0v) is 18.7. The Labute approximate surface area is 194 Å². The number of amides is 2. The lowest BCUT2D eigenvalue weighted by atomic mass is 10.0. The third kappa shape index (κ3) is 4.21. The zero-order valence-electron chi connectivity index (χ0n) is 17.9. The minimum absolute atomic E-state index is 0.0186. The van der Waals surface area contributed by atoms with Gasteiger partial charge in [0.25, 0.3) is 0 Å². The van der Waals surface area contributed by atoms with Gasteiger partial charge in [0.2, 0.25) is 0 Å². The van der Waals surface area contributed by atoms with Crippen molar-refractivity contribution in [1.82, 2.24) is 10.3 Å². The molecule has 0 bridgehead atoms. The highest BCUT2D eigenvalue weighted by Gasteiger charge is 2.36. The maximum atomic E-state index is 15.3. The second-order valence-electron chi connectivity index (χ2n) is 7.37. The Morgan fingerprint density at radius 3 is 2.42 bits per heavy atom. The molecule has 2 amide bonds. The van der Waals surface area contributed by atoms with E-state index in [9.17, 15) is 9.18 Å². The summed E-state index contributed by atoms with van der Waals surface area (Å²) in [5.41, 5.74) is 0.398. The summed E-state index contributed by atoms with van der Waals surface area (Å²) in [5.74, 6) is -2.36. The van der Waals surface area contributed by atoms with Crippen LogP contribution in [-0.2, 0) is 0 Å². The van der Waals surface area contributed by atoms with E-state index in [1.807, 2.05) is 0 Å². The van der Waals surface area contributed by atoms with Crippen LogP contribution in [0.4, 0.5) is 40.8 Å². The number of urea groups is 1. The van der Waals surface area contributed by atoms with E-state index < -0.39 is 29.2 Å². The van der Waals surface area contributed by atoms with Gasteiger partial charge in [0, 0.05) is 42.6 Å². The third-order valence-corrected chi connectivity index (χ3v) is 5.47. The van der Waals surface area contributed by atoms with Gasteiger partial charge in [-0.1, -0.05) is 11.6 Å². The minimum atomic E-state index is -0.974. The number of carbonyl (C=O) groups excluding carboxylic acids is 1. The Balaban J connectivity index is 1.93. The van der Waals surface area contributed by atoms with Crippen molar-refractivity contribution in [3.8, 4) is 11.1 Å². The predicted molar refractivity (Wildman–Crippen MR) is 124 cm³/mol. The number of likely N-dealkylation sites (N-methyl/N-ethyl adjacent to an activating group) is 1. The highest BCUT2D eigenvalue weighted by molar-refractivity contribution is 6.31. The number of nitrogens with one attached hydrogen (secondary N) is 2. The van der Waals surface area contributed by atoms with E-state index in [1.54, 1.807) is 20.0 Å². The standard InChI is InChI=1S/C23H21ClF3N5O/c1-3-31-22-17(8-13(24)12-30-22)16-5-4-14(25)9-20(16)32(23(31)33)21-18(26)10-15(11-19(21)27)29-7-6-28-2/h4-5,8-12,28-29H,3,6-7H2,1-2H3. The first kappa shape index (κ1) is 22.9. The van der Waals surface area contributed by atoms with Gasteiger partial charge < -0.3 is 10.6 Å². The number of nitrogens with zero attached hydrogens (tertiary/aromatic N) is 3. The monoisotopic (exact) mass is 475 g/mol. The smallest absolute Gasteiger partial charge is 0.334 e. The van der Waals surface area contributed by atoms with Crippen LogP contribution in [0, 0.1) is 17.5 Å². The molecule has 1 aliphatic rings. The molecule has 6 nitrogen and oxygen atoms in total. The van der Waals surface area contributed by atoms with E-state index in [4.69, 9.17) is 11.6 Å². The molecule has 2 heterocycles. The van der Waals surface area contributed by atoms with Crippen LogP contribution in [0.2, 0.25) is 5.02 Å². The van der Waals surface area contributed by atoms with Crippen molar-refractivity contribution in [3.05, 3.63) is 65.1 Å². The van der Waals surface area contributed by atoms with Crippen LogP contribution in [0.1, 0.15) is 6.92 Å². The minimum Gasteiger partial charge on any atom is -0.384 e. The fourth-order valence-corrected chi connectivity index (χ4v) is 3.95. The molecule has 1 aromatic heterocycles. The molecule has 0 spiro atoms. The number of hydrogen-bond donors (Lipinski definition) is 2. The summed E-state index contributed by atoms with van der Waals surface area (Å²) in [4.78, 5) is 20.0. The summed E-state index contributed by atoms with van der Waals surface area (Å²) in [7, 11) is 1.76. The molecule has 0 unspecified atom stereocenters. The van der Waals surface area contributed by atoms with E-state index in [0.29, 0.717) is 29.2 Å². The summed E-state index contributed by atoms with van der Waals surface area (Å²) in [6.07, 6.45) is 1.38. The summed E-state index contributed by atoms with van der Waals surface area (Å²) >= 11 is 6.14.